The summed E-state index contributed by atoms with van der Waals surface area (Å²) in [5.41, 5.74) is 0. The average Bonchev–Trinajstić information content (AvgIpc) is 1.82. The van der Waals surface area contributed by atoms with Crippen molar-refractivity contribution < 1.29 is 4.74 Å². The number of rotatable bonds is 3. The van der Waals surface area contributed by atoms with Crippen LogP contribution in [0, 0.1) is 0 Å². The van der Waals surface area contributed by atoms with Crippen LogP contribution >= 0.6 is 0 Å². The molecule has 0 aliphatic rings. The average molecular weight is 144 g/mol. The molecule has 0 aromatic carbocycles. The molecule has 0 radical (unpaired) electrons. The molecule has 54 valence electrons. The maximum absolute atomic E-state index is 5.37. The summed E-state index contributed by atoms with van der Waals surface area (Å²) >= 11 is 0. The monoisotopic (exact) mass is 144 g/mol. The van der Waals surface area contributed by atoms with Crippen molar-refractivity contribution in [2.75, 3.05) is 6.61 Å². The summed E-state index contributed by atoms with van der Waals surface area (Å²) in [6.45, 7) is 7.15. The summed E-state index contributed by atoms with van der Waals surface area (Å²) in [7, 11) is 1.12. The maximum Gasteiger partial charge on any atom is 0.0874 e. The van der Waals surface area contributed by atoms with Crippen molar-refractivity contribution in [1.29, 1.82) is 0 Å². The van der Waals surface area contributed by atoms with Gasteiger partial charge in [-0.3, -0.25) is 0 Å². The topological polar surface area (TPSA) is 9.23 Å². The zero-order valence-corrected chi connectivity index (χ0v) is 8.82. The number of hydrogen-bond acceptors (Lipinski definition) is 1. The maximum atomic E-state index is 5.37. The third-order valence-corrected chi connectivity index (χ3v) is 1.93. The fourth-order valence-corrected chi connectivity index (χ4v) is 0.544. The first-order valence-corrected chi connectivity index (χ1v) is 4.45. The van der Waals surface area contributed by atoms with E-state index in [9.17, 15) is 0 Å². The highest BCUT2D eigenvalue weighted by molar-refractivity contribution is 6.21. The molecule has 0 N–H and O–H groups in total. The second kappa shape index (κ2) is 4.62. The third-order valence-electron chi connectivity index (χ3n) is 1.23. The van der Waals surface area contributed by atoms with Crippen molar-refractivity contribution in [3.05, 3.63) is 11.0 Å². The molecule has 0 aromatic rings. The first-order valence-electron chi connectivity index (χ1n) is 3.45. The van der Waals surface area contributed by atoms with Gasteiger partial charge in [0, 0.05) is 10.2 Å². The Kier molecular flexibility index (Phi) is 4.49. The van der Waals surface area contributed by atoms with E-state index < -0.39 is 0 Å². The Bertz CT molecular complexity index is 103. The molecular formula is C7H16OSi. The van der Waals surface area contributed by atoms with E-state index in [-0.39, 0.29) is 0 Å². The number of allylic oxidation sites excluding steroid dienone is 2. The van der Waals surface area contributed by atoms with E-state index in [1.54, 1.807) is 0 Å². The molecule has 0 heterocycles. The van der Waals surface area contributed by atoms with Crippen molar-refractivity contribution in [1.82, 2.24) is 0 Å². The predicted molar refractivity (Wildman–Crippen MR) is 44.6 cm³/mol. The van der Waals surface area contributed by atoms with Crippen LogP contribution in [0.4, 0.5) is 0 Å². The summed E-state index contributed by atoms with van der Waals surface area (Å²) in [5, 5.41) is 1.41. The van der Waals surface area contributed by atoms with Crippen LogP contribution in [0.1, 0.15) is 27.2 Å². The van der Waals surface area contributed by atoms with E-state index in [2.05, 4.69) is 13.8 Å². The van der Waals surface area contributed by atoms with Crippen LogP contribution in [-0.4, -0.2) is 16.8 Å². The quantitative estimate of drug-likeness (QED) is 0.424. The molecule has 0 aliphatic heterocycles. The molecule has 0 fully saturated rings. The molecule has 1 nitrogen and oxygen atoms in total. The van der Waals surface area contributed by atoms with Gasteiger partial charge in [0.15, 0.2) is 0 Å². The molecule has 0 amide bonds. The van der Waals surface area contributed by atoms with Crippen molar-refractivity contribution in [3.8, 4) is 0 Å². The van der Waals surface area contributed by atoms with Gasteiger partial charge in [-0.1, -0.05) is 12.1 Å². The second-order valence-electron chi connectivity index (χ2n) is 2.40. The minimum Gasteiger partial charge on any atom is -0.499 e. The van der Waals surface area contributed by atoms with Crippen LogP contribution in [-0.2, 0) is 4.74 Å². The minimum atomic E-state index is 0.866. The Hall–Kier alpha value is -0.243. The Balaban J connectivity index is 3.50. The lowest BCUT2D eigenvalue weighted by atomic mass is 10.5. The Morgan fingerprint density at radius 1 is 1.44 bits per heavy atom. The second-order valence-corrected chi connectivity index (χ2v) is 3.90. The van der Waals surface area contributed by atoms with E-state index in [1.807, 2.05) is 6.92 Å². The highest BCUT2D eigenvalue weighted by Gasteiger charge is 1.88. The third kappa shape index (κ3) is 4.27. The van der Waals surface area contributed by atoms with Crippen LogP contribution < -0.4 is 0 Å². The Morgan fingerprint density at radius 3 is 2.33 bits per heavy atom. The molecule has 0 bridgehead atoms. The van der Waals surface area contributed by atoms with Crippen molar-refractivity contribution >= 4 is 10.2 Å². The highest BCUT2D eigenvalue weighted by atomic mass is 28.1. The van der Waals surface area contributed by atoms with Crippen molar-refractivity contribution in [2.24, 2.45) is 0 Å². The standard InChI is InChI=1S/C7H16OSi/c1-4-5-8-6(2)7(3)9/h4-5H2,1-3,9H3. The molecule has 0 aliphatic carbocycles. The zero-order valence-electron chi connectivity index (χ0n) is 6.82. The van der Waals surface area contributed by atoms with Crippen LogP contribution in [0.2, 0.25) is 0 Å². The lowest BCUT2D eigenvalue weighted by Gasteiger charge is -2.05. The van der Waals surface area contributed by atoms with Crippen LogP contribution in [0.3, 0.4) is 0 Å². The van der Waals surface area contributed by atoms with Gasteiger partial charge < -0.3 is 4.74 Å². The molecule has 0 rings (SSSR count). The van der Waals surface area contributed by atoms with Crippen molar-refractivity contribution in [2.45, 2.75) is 27.2 Å². The normalized spacial score (nSPS) is 13.2. The van der Waals surface area contributed by atoms with Gasteiger partial charge in [-0.15, -0.1) is 0 Å². The Labute approximate surface area is 60.5 Å². The van der Waals surface area contributed by atoms with E-state index in [1.165, 1.54) is 5.20 Å². The fraction of sp³-hybridized carbons (Fsp3) is 0.714. The summed E-state index contributed by atoms with van der Waals surface area (Å²) < 4.78 is 5.37. The van der Waals surface area contributed by atoms with Gasteiger partial charge >= 0.3 is 0 Å². The molecule has 0 aromatic heterocycles. The Morgan fingerprint density at radius 2 is 2.00 bits per heavy atom. The smallest absolute Gasteiger partial charge is 0.0874 e. The van der Waals surface area contributed by atoms with Crippen LogP contribution in [0.15, 0.2) is 11.0 Å². The molecule has 0 unspecified atom stereocenters. The van der Waals surface area contributed by atoms with E-state index in [0.717, 1.165) is 29.0 Å². The summed E-state index contributed by atoms with van der Waals surface area (Å²) in [6, 6.07) is 0. The minimum absolute atomic E-state index is 0.866. The predicted octanol–water partition coefficient (Wildman–Crippen LogP) is 1.03. The molecule has 0 saturated carbocycles. The summed E-state index contributed by atoms with van der Waals surface area (Å²) in [4.78, 5) is 0. The largest absolute Gasteiger partial charge is 0.499 e. The molecular weight excluding hydrogens is 128 g/mol. The van der Waals surface area contributed by atoms with Gasteiger partial charge in [0.2, 0.25) is 0 Å². The molecule has 0 atom stereocenters. The van der Waals surface area contributed by atoms with Gasteiger partial charge in [-0.25, -0.2) is 0 Å². The molecule has 2 heteroatoms. The summed E-state index contributed by atoms with van der Waals surface area (Å²) in [5.74, 6) is 1.13. The van der Waals surface area contributed by atoms with Gasteiger partial charge in [0.25, 0.3) is 0 Å². The lowest BCUT2D eigenvalue weighted by Crippen LogP contribution is -1.92. The number of ether oxygens (including phenoxy) is 1. The highest BCUT2D eigenvalue weighted by Crippen LogP contribution is 2.00. The van der Waals surface area contributed by atoms with Gasteiger partial charge in [0.05, 0.1) is 12.4 Å². The van der Waals surface area contributed by atoms with Crippen molar-refractivity contribution in [3.63, 3.8) is 0 Å². The lowest BCUT2D eigenvalue weighted by molar-refractivity contribution is 0.213. The number of hydrogen-bond donors (Lipinski definition) is 0. The fourth-order valence-electron chi connectivity index (χ4n) is 0.399. The van der Waals surface area contributed by atoms with E-state index in [0.29, 0.717) is 0 Å². The zero-order chi connectivity index (χ0) is 7.28. The van der Waals surface area contributed by atoms with Gasteiger partial charge in [-0.2, -0.15) is 0 Å². The molecule has 0 saturated heterocycles. The first-order chi connectivity index (χ1) is 4.18. The molecule has 9 heavy (non-hydrogen) atoms. The van der Waals surface area contributed by atoms with Crippen LogP contribution in [0.5, 0.6) is 0 Å². The van der Waals surface area contributed by atoms with Crippen LogP contribution in [0.25, 0.3) is 0 Å². The van der Waals surface area contributed by atoms with E-state index >= 15 is 0 Å². The van der Waals surface area contributed by atoms with E-state index in [4.69, 9.17) is 4.74 Å². The van der Waals surface area contributed by atoms with Gasteiger partial charge in [0.1, 0.15) is 0 Å². The van der Waals surface area contributed by atoms with Gasteiger partial charge in [-0.05, 0) is 20.3 Å². The SMILES string of the molecule is CCCOC(C)=C(C)[SiH3]. The summed E-state index contributed by atoms with van der Waals surface area (Å²) in [6.07, 6.45) is 1.10. The first kappa shape index (κ1) is 8.76. The molecule has 0 spiro atoms.